The summed E-state index contributed by atoms with van der Waals surface area (Å²) in [6.07, 6.45) is 0. The third-order valence-electron chi connectivity index (χ3n) is 3.40. The number of rotatable bonds is 4. The van der Waals surface area contributed by atoms with Gasteiger partial charge in [-0.15, -0.1) is 0 Å². The summed E-state index contributed by atoms with van der Waals surface area (Å²) in [7, 11) is 0. The molecule has 1 heterocycles. The van der Waals surface area contributed by atoms with E-state index in [0.29, 0.717) is 17.1 Å². The van der Waals surface area contributed by atoms with Crippen LogP contribution in [0.15, 0.2) is 52.9 Å². The van der Waals surface area contributed by atoms with Crippen molar-refractivity contribution in [1.82, 2.24) is 0 Å². The number of esters is 1. The van der Waals surface area contributed by atoms with Crippen molar-refractivity contribution < 1.29 is 13.9 Å². The van der Waals surface area contributed by atoms with Crippen LogP contribution >= 0.6 is 0 Å². The van der Waals surface area contributed by atoms with Crippen molar-refractivity contribution in [2.45, 2.75) is 6.54 Å². The first-order valence-electron chi connectivity index (χ1n) is 6.96. The highest BCUT2D eigenvalue weighted by atomic mass is 16.5. The standard InChI is InChI=1S/C17H15N3O3/c18-9-14-5-6-15(22-14)17(21)23-13-4-3-10-7-12(16(19)20)2-1-11(10)8-13/h1-8H,9,18H2,(H3,19,20). The van der Waals surface area contributed by atoms with Crippen molar-refractivity contribution in [3.8, 4) is 5.75 Å². The Morgan fingerprint density at radius 1 is 1.09 bits per heavy atom. The van der Waals surface area contributed by atoms with Crippen LogP contribution in [0, 0.1) is 5.41 Å². The lowest BCUT2D eigenvalue weighted by atomic mass is 10.1. The normalized spacial score (nSPS) is 10.7. The van der Waals surface area contributed by atoms with Crippen LogP contribution in [0.2, 0.25) is 0 Å². The molecular formula is C17H15N3O3. The Morgan fingerprint density at radius 3 is 2.52 bits per heavy atom. The molecule has 116 valence electrons. The highest BCUT2D eigenvalue weighted by Gasteiger charge is 2.13. The number of ether oxygens (including phenoxy) is 1. The van der Waals surface area contributed by atoms with Crippen molar-refractivity contribution in [3.05, 3.63) is 65.6 Å². The minimum absolute atomic E-state index is 0.0101. The Hall–Kier alpha value is -3.12. The molecule has 0 unspecified atom stereocenters. The first-order valence-corrected chi connectivity index (χ1v) is 6.96. The molecule has 0 saturated heterocycles. The molecule has 2 aromatic carbocycles. The number of amidine groups is 1. The maximum atomic E-state index is 12.0. The van der Waals surface area contributed by atoms with Crippen LogP contribution in [0.1, 0.15) is 21.9 Å². The van der Waals surface area contributed by atoms with Crippen LogP contribution in [-0.2, 0) is 6.54 Å². The second-order valence-corrected chi connectivity index (χ2v) is 5.00. The molecule has 1 aromatic heterocycles. The van der Waals surface area contributed by atoms with Crippen LogP contribution in [0.4, 0.5) is 0 Å². The predicted molar refractivity (Wildman–Crippen MR) is 86.5 cm³/mol. The fraction of sp³-hybridized carbons (Fsp3) is 0.0588. The third-order valence-corrected chi connectivity index (χ3v) is 3.40. The van der Waals surface area contributed by atoms with Crippen LogP contribution < -0.4 is 16.2 Å². The summed E-state index contributed by atoms with van der Waals surface area (Å²) in [5.74, 6) is 0.466. The third kappa shape index (κ3) is 3.07. The van der Waals surface area contributed by atoms with Gasteiger partial charge in [-0.25, -0.2) is 4.79 Å². The number of furan rings is 1. The molecule has 23 heavy (non-hydrogen) atoms. The number of carbonyl (C=O) groups excluding carboxylic acids is 1. The first kappa shape index (κ1) is 14.8. The van der Waals surface area contributed by atoms with Gasteiger partial charge >= 0.3 is 5.97 Å². The molecule has 0 spiro atoms. The molecule has 0 fully saturated rings. The number of hydrogen-bond acceptors (Lipinski definition) is 5. The van der Waals surface area contributed by atoms with Crippen LogP contribution in [0.3, 0.4) is 0 Å². The average Bonchev–Trinajstić information content (AvgIpc) is 3.03. The molecule has 0 aliphatic rings. The Bertz CT molecular complexity index is 899. The van der Waals surface area contributed by atoms with E-state index in [1.54, 1.807) is 30.3 Å². The van der Waals surface area contributed by atoms with Crippen molar-refractivity contribution >= 4 is 22.6 Å². The Balaban J connectivity index is 1.84. The van der Waals surface area contributed by atoms with Gasteiger partial charge in [0.25, 0.3) is 0 Å². The number of hydrogen-bond donors (Lipinski definition) is 3. The predicted octanol–water partition coefficient (Wildman–Crippen LogP) is 2.39. The SMILES string of the molecule is N=C(N)c1ccc2cc(OC(=O)c3ccc(CN)o3)ccc2c1. The molecule has 0 amide bonds. The average molecular weight is 309 g/mol. The van der Waals surface area contributed by atoms with E-state index in [9.17, 15) is 4.79 Å². The summed E-state index contributed by atoms with van der Waals surface area (Å²) in [6, 6.07) is 13.8. The lowest BCUT2D eigenvalue weighted by Crippen LogP contribution is -2.10. The highest BCUT2D eigenvalue weighted by Crippen LogP contribution is 2.23. The zero-order chi connectivity index (χ0) is 16.4. The van der Waals surface area contributed by atoms with Crippen molar-refractivity contribution in [3.63, 3.8) is 0 Å². The molecule has 3 aromatic rings. The number of carbonyl (C=O) groups is 1. The lowest BCUT2D eigenvalue weighted by molar-refractivity contribution is 0.0699. The number of nitrogen functional groups attached to an aromatic ring is 1. The van der Waals surface area contributed by atoms with Gasteiger partial charge in [0.2, 0.25) is 5.76 Å². The van der Waals surface area contributed by atoms with Gasteiger partial charge in [-0.2, -0.15) is 0 Å². The number of benzene rings is 2. The van der Waals surface area contributed by atoms with Gasteiger partial charge in [0.05, 0.1) is 6.54 Å². The summed E-state index contributed by atoms with van der Waals surface area (Å²) < 4.78 is 10.6. The van der Waals surface area contributed by atoms with Gasteiger partial charge < -0.3 is 20.6 Å². The largest absolute Gasteiger partial charge is 0.453 e. The summed E-state index contributed by atoms with van der Waals surface area (Å²) in [4.78, 5) is 12.0. The maximum Gasteiger partial charge on any atom is 0.379 e. The van der Waals surface area contributed by atoms with E-state index >= 15 is 0 Å². The lowest BCUT2D eigenvalue weighted by Gasteiger charge is -2.06. The van der Waals surface area contributed by atoms with Gasteiger partial charge in [-0.1, -0.05) is 18.2 Å². The van der Waals surface area contributed by atoms with E-state index in [4.69, 9.17) is 26.0 Å². The highest BCUT2D eigenvalue weighted by molar-refractivity contribution is 5.99. The van der Waals surface area contributed by atoms with Gasteiger partial charge in [0, 0.05) is 5.56 Å². The van der Waals surface area contributed by atoms with Gasteiger partial charge in [0.15, 0.2) is 0 Å². The van der Waals surface area contributed by atoms with Crippen molar-refractivity contribution in [2.24, 2.45) is 11.5 Å². The van der Waals surface area contributed by atoms with Gasteiger partial charge in [0.1, 0.15) is 17.3 Å². The molecule has 0 saturated carbocycles. The zero-order valence-corrected chi connectivity index (χ0v) is 12.2. The van der Waals surface area contributed by atoms with Crippen molar-refractivity contribution in [1.29, 1.82) is 5.41 Å². The molecule has 5 N–H and O–H groups in total. The quantitative estimate of drug-likeness (QED) is 0.296. The van der Waals surface area contributed by atoms with Crippen LogP contribution in [-0.4, -0.2) is 11.8 Å². The summed E-state index contributed by atoms with van der Waals surface area (Å²) in [6.45, 7) is 0.224. The molecule has 3 rings (SSSR count). The van der Waals surface area contributed by atoms with Crippen LogP contribution in [0.5, 0.6) is 5.75 Å². The van der Waals surface area contributed by atoms with E-state index in [0.717, 1.165) is 10.8 Å². The molecule has 0 aliphatic carbocycles. The summed E-state index contributed by atoms with van der Waals surface area (Å²) in [5.41, 5.74) is 11.6. The molecule has 0 atom stereocenters. The summed E-state index contributed by atoms with van der Waals surface area (Å²) in [5, 5.41) is 9.23. The molecule has 0 bridgehead atoms. The minimum Gasteiger partial charge on any atom is -0.453 e. The number of fused-ring (bicyclic) bond motifs is 1. The molecule has 6 heteroatoms. The van der Waals surface area contributed by atoms with E-state index < -0.39 is 5.97 Å². The van der Waals surface area contributed by atoms with Crippen LogP contribution in [0.25, 0.3) is 10.8 Å². The Labute approximate surface area is 132 Å². The first-order chi connectivity index (χ1) is 11.1. The fourth-order valence-electron chi connectivity index (χ4n) is 2.21. The molecule has 0 radical (unpaired) electrons. The summed E-state index contributed by atoms with van der Waals surface area (Å²) >= 11 is 0. The molecule has 0 aliphatic heterocycles. The topological polar surface area (TPSA) is 115 Å². The minimum atomic E-state index is -0.579. The number of nitrogens with two attached hydrogens (primary N) is 2. The Morgan fingerprint density at radius 2 is 1.83 bits per heavy atom. The van der Waals surface area contributed by atoms with Crippen molar-refractivity contribution in [2.75, 3.05) is 0 Å². The van der Waals surface area contributed by atoms with E-state index in [-0.39, 0.29) is 18.1 Å². The fourth-order valence-corrected chi connectivity index (χ4v) is 2.21. The second kappa shape index (κ2) is 5.94. The van der Waals surface area contributed by atoms with Gasteiger partial charge in [-0.05, 0) is 41.1 Å². The monoisotopic (exact) mass is 309 g/mol. The smallest absolute Gasteiger partial charge is 0.379 e. The second-order valence-electron chi connectivity index (χ2n) is 5.00. The van der Waals surface area contributed by atoms with E-state index in [2.05, 4.69) is 0 Å². The van der Waals surface area contributed by atoms with Gasteiger partial charge in [-0.3, -0.25) is 5.41 Å². The van der Waals surface area contributed by atoms with E-state index in [1.807, 2.05) is 12.1 Å². The number of nitrogens with one attached hydrogen (secondary N) is 1. The zero-order valence-electron chi connectivity index (χ0n) is 12.2. The van der Waals surface area contributed by atoms with E-state index in [1.165, 1.54) is 6.07 Å². The Kier molecular flexibility index (Phi) is 3.82. The molecule has 6 nitrogen and oxygen atoms in total. The molecular weight excluding hydrogens is 294 g/mol. The maximum absolute atomic E-state index is 12.0.